The van der Waals surface area contributed by atoms with Gasteiger partial charge in [-0.15, -0.1) is 0 Å². The fourth-order valence-corrected chi connectivity index (χ4v) is 2.52. The van der Waals surface area contributed by atoms with E-state index >= 15 is 0 Å². The molecule has 0 radical (unpaired) electrons. The molecule has 0 unspecified atom stereocenters. The summed E-state index contributed by atoms with van der Waals surface area (Å²) in [6.07, 6.45) is 1.04. The Morgan fingerprint density at radius 3 is 2.81 bits per heavy atom. The first-order valence-electron chi connectivity index (χ1n) is 6.82. The second kappa shape index (κ2) is 6.81. The van der Waals surface area contributed by atoms with Crippen LogP contribution < -0.4 is 0 Å². The monoisotopic (exact) mass is 287 g/mol. The van der Waals surface area contributed by atoms with Crippen molar-refractivity contribution in [1.29, 1.82) is 0 Å². The van der Waals surface area contributed by atoms with Crippen LogP contribution in [-0.4, -0.2) is 40.4 Å². The van der Waals surface area contributed by atoms with Gasteiger partial charge in [-0.25, -0.2) is 4.79 Å². The molecular formula is C15H17N3O3. The molecule has 1 saturated heterocycles. The van der Waals surface area contributed by atoms with Crippen LogP contribution in [0, 0.1) is 5.92 Å². The van der Waals surface area contributed by atoms with Gasteiger partial charge in [-0.2, -0.15) is 4.79 Å². The molecule has 1 amide bonds. The van der Waals surface area contributed by atoms with Crippen molar-refractivity contribution >= 4 is 18.1 Å². The van der Waals surface area contributed by atoms with Crippen LogP contribution in [-0.2, 0) is 16.1 Å². The Labute approximate surface area is 122 Å². The summed E-state index contributed by atoms with van der Waals surface area (Å²) in [6, 6.07) is 8.72. The van der Waals surface area contributed by atoms with E-state index in [4.69, 9.17) is 10.3 Å². The quantitative estimate of drug-likeness (QED) is 0.481. The SMILES string of the molecule is C[C@@H]1CCN(C(=O)OCc2ccccc2)[C@H]1C(=O)C=[N+]=[N-]. The molecule has 1 fully saturated rings. The number of hydrogen-bond acceptors (Lipinski definition) is 3. The Bertz CT molecular complexity index is 567. The summed E-state index contributed by atoms with van der Waals surface area (Å²) in [6.45, 7) is 2.52. The molecule has 6 nitrogen and oxygen atoms in total. The second-order valence-corrected chi connectivity index (χ2v) is 5.09. The largest absolute Gasteiger partial charge is 0.445 e. The number of rotatable bonds is 4. The van der Waals surface area contributed by atoms with Crippen molar-refractivity contribution in [3.05, 3.63) is 41.4 Å². The highest BCUT2D eigenvalue weighted by atomic mass is 16.6. The summed E-state index contributed by atoms with van der Waals surface area (Å²) in [7, 11) is 0. The number of benzene rings is 1. The van der Waals surface area contributed by atoms with E-state index in [1.165, 1.54) is 4.90 Å². The van der Waals surface area contributed by atoms with E-state index in [-0.39, 0.29) is 18.3 Å². The second-order valence-electron chi connectivity index (χ2n) is 5.09. The number of ketones is 1. The molecule has 0 aliphatic carbocycles. The predicted molar refractivity (Wildman–Crippen MR) is 75.6 cm³/mol. The van der Waals surface area contributed by atoms with Crippen LogP contribution in [0.25, 0.3) is 5.53 Å². The third-order valence-corrected chi connectivity index (χ3v) is 3.62. The van der Waals surface area contributed by atoms with E-state index in [9.17, 15) is 9.59 Å². The van der Waals surface area contributed by atoms with Crippen molar-refractivity contribution < 1.29 is 19.1 Å². The Morgan fingerprint density at radius 2 is 2.14 bits per heavy atom. The lowest BCUT2D eigenvalue weighted by atomic mass is 10.00. The first-order chi connectivity index (χ1) is 10.1. The van der Waals surface area contributed by atoms with Gasteiger partial charge in [0.15, 0.2) is 0 Å². The van der Waals surface area contributed by atoms with E-state index in [1.807, 2.05) is 37.3 Å². The van der Waals surface area contributed by atoms with Gasteiger partial charge in [0, 0.05) is 6.54 Å². The molecule has 0 spiro atoms. The number of carbonyl (C=O) groups excluding carboxylic acids is 2. The number of carbonyl (C=O) groups is 2. The van der Waals surface area contributed by atoms with Crippen molar-refractivity contribution in [3.63, 3.8) is 0 Å². The molecule has 1 aliphatic heterocycles. The number of hydrogen-bond donors (Lipinski definition) is 0. The molecule has 2 rings (SSSR count). The lowest BCUT2D eigenvalue weighted by Crippen LogP contribution is -2.43. The summed E-state index contributed by atoms with van der Waals surface area (Å²) < 4.78 is 5.25. The van der Waals surface area contributed by atoms with Crippen molar-refractivity contribution in [2.45, 2.75) is 26.0 Å². The number of ether oxygens (including phenoxy) is 1. The molecule has 0 N–H and O–H groups in total. The van der Waals surface area contributed by atoms with Gasteiger partial charge >= 0.3 is 12.3 Å². The molecule has 0 saturated carbocycles. The van der Waals surface area contributed by atoms with Crippen LogP contribution in [0.15, 0.2) is 30.3 Å². The van der Waals surface area contributed by atoms with Crippen molar-refractivity contribution in [2.24, 2.45) is 5.92 Å². The van der Waals surface area contributed by atoms with E-state index in [0.717, 1.165) is 18.2 Å². The van der Waals surface area contributed by atoms with Crippen molar-refractivity contribution in [3.8, 4) is 0 Å². The third kappa shape index (κ3) is 3.55. The minimum Gasteiger partial charge on any atom is -0.445 e. The molecule has 1 aliphatic rings. The molecule has 110 valence electrons. The number of nitrogens with zero attached hydrogens (tertiary/aromatic N) is 3. The van der Waals surface area contributed by atoms with Gasteiger partial charge in [-0.05, 0) is 17.9 Å². The normalized spacial score (nSPS) is 20.7. The molecule has 6 heteroatoms. The molecule has 1 heterocycles. The first-order valence-corrected chi connectivity index (χ1v) is 6.82. The van der Waals surface area contributed by atoms with Crippen LogP contribution in [0.5, 0.6) is 0 Å². The summed E-state index contributed by atoms with van der Waals surface area (Å²) in [5.74, 6) is -0.376. The maximum atomic E-state index is 12.1. The minimum absolute atomic E-state index is 0.0137. The van der Waals surface area contributed by atoms with Crippen molar-refractivity contribution in [2.75, 3.05) is 6.54 Å². The van der Waals surface area contributed by atoms with Gasteiger partial charge in [-0.1, -0.05) is 37.3 Å². The number of amides is 1. The molecule has 2 atom stereocenters. The Morgan fingerprint density at radius 1 is 1.43 bits per heavy atom. The highest BCUT2D eigenvalue weighted by Crippen LogP contribution is 2.25. The zero-order chi connectivity index (χ0) is 15.2. The van der Waals surface area contributed by atoms with Crippen molar-refractivity contribution in [1.82, 2.24) is 4.90 Å². The van der Waals surface area contributed by atoms with Crippen LogP contribution in [0.4, 0.5) is 4.79 Å². The molecule has 0 aromatic heterocycles. The van der Waals surface area contributed by atoms with Gasteiger partial charge < -0.3 is 10.3 Å². The number of Topliss-reactive ketones (excluding diaryl/α,β-unsaturated/α-hetero) is 1. The first kappa shape index (κ1) is 14.9. The molecule has 1 aromatic carbocycles. The lowest BCUT2D eigenvalue weighted by Gasteiger charge is -2.22. The molecular weight excluding hydrogens is 270 g/mol. The van der Waals surface area contributed by atoms with Gasteiger partial charge in [-0.3, -0.25) is 9.69 Å². The van der Waals surface area contributed by atoms with Crippen LogP contribution in [0.3, 0.4) is 0 Å². The average molecular weight is 287 g/mol. The summed E-state index contributed by atoms with van der Waals surface area (Å²) in [4.78, 5) is 28.2. The maximum Gasteiger partial charge on any atom is 0.410 e. The Balaban J connectivity index is 2.00. The predicted octanol–water partition coefficient (Wildman–Crippen LogP) is 1.90. The fourth-order valence-electron chi connectivity index (χ4n) is 2.52. The highest BCUT2D eigenvalue weighted by Gasteiger charge is 2.40. The molecule has 0 bridgehead atoms. The number of likely N-dealkylation sites (tertiary alicyclic amines) is 1. The van der Waals surface area contributed by atoms with Crippen LogP contribution in [0.2, 0.25) is 0 Å². The fraction of sp³-hybridized carbons (Fsp3) is 0.400. The average Bonchev–Trinajstić information content (AvgIpc) is 2.88. The van der Waals surface area contributed by atoms with E-state index in [1.54, 1.807) is 0 Å². The lowest BCUT2D eigenvalue weighted by molar-refractivity contribution is -0.120. The Hall–Kier alpha value is -2.46. The standard InChI is InChI=1S/C15H17N3O3/c1-11-7-8-18(14(11)13(19)9-17-16)15(20)21-10-12-5-3-2-4-6-12/h2-6,9,11,14H,7-8,10H2,1H3/t11-,14-/m1/s1. The van der Waals surface area contributed by atoms with E-state index < -0.39 is 12.1 Å². The van der Waals surface area contributed by atoms with Gasteiger partial charge in [0.1, 0.15) is 12.6 Å². The molecule has 21 heavy (non-hydrogen) atoms. The van der Waals surface area contributed by atoms with E-state index in [2.05, 4.69) is 4.79 Å². The summed E-state index contributed by atoms with van der Waals surface area (Å²) >= 11 is 0. The van der Waals surface area contributed by atoms with Crippen LogP contribution >= 0.6 is 0 Å². The zero-order valence-electron chi connectivity index (χ0n) is 11.8. The maximum absolute atomic E-state index is 12.1. The highest BCUT2D eigenvalue weighted by molar-refractivity contribution is 6.28. The van der Waals surface area contributed by atoms with Gasteiger partial charge in [0.25, 0.3) is 5.78 Å². The summed E-state index contributed by atoms with van der Waals surface area (Å²) in [5.41, 5.74) is 9.36. The zero-order valence-corrected chi connectivity index (χ0v) is 11.8. The Kier molecular flexibility index (Phi) is 4.85. The minimum atomic E-state index is -0.621. The topological polar surface area (TPSA) is 83.0 Å². The van der Waals surface area contributed by atoms with Crippen LogP contribution in [0.1, 0.15) is 18.9 Å². The smallest absolute Gasteiger partial charge is 0.410 e. The van der Waals surface area contributed by atoms with Gasteiger partial charge in [0.05, 0.1) is 0 Å². The molecule has 1 aromatic rings. The summed E-state index contributed by atoms with van der Waals surface area (Å²) in [5, 5.41) is 0. The van der Waals surface area contributed by atoms with Gasteiger partial charge in [0.2, 0.25) is 0 Å². The third-order valence-electron chi connectivity index (χ3n) is 3.62. The van der Waals surface area contributed by atoms with E-state index in [0.29, 0.717) is 6.54 Å².